The summed E-state index contributed by atoms with van der Waals surface area (Å²) in [7, 11) is 0. The SMILES string of the molecule is Cc1ccc(C(=O)c2ccccc2C(=O)NCc2cc(C)ncn2)cc1. The van der Waals surface area contributed by atoms with E-state index < -0.39 is 0 Å². The molecule has 0 atom stereocenters. The van der Waals surface area contributed by atoms with E-state index in [0.717, 1.165) is 11.3 Å². The van der Waals surface area contributed by atoms with Crippen LogP contribution in [0, 0.1) is 13.8 Å². The second-order valence-electron chi connectivity index (χ2n) is 6.07. The number of nitrogens with zero attached hydrogens (tertiary/aromatic N) is 2. The Hall–Kier alpha value is -3.34. The third kappa shape index (κ3) is 4.00. The fourth-order valence-corrected chi connectivity index (χ4v) is 2.61. The minimum atomic E-state index is -0.308. The van der Waals surface area contributed by atoms with Gasteiger partial charge < -0.3 is 5.32 Å². The van der Waals surface area contributed by atoms with E-state index in [0.29, 0.717) is 22.4 Å². The molecule has 0 aliphatic rings. The maximum atomic E-state index is 12.8. The minimum Gasteiger partial charge on any atom is -0.346 e. The van der Waals surface area contributed by atoms with Crippen molar-refractivity contribution in [3.05, 3.63) is 94.6 Å². The Labute approximate surface area is 152 Å². The molecular formula is C21H19N3O2. The number of benzene rings is 2. The van der Waals surface area contributed by atoms with Gasteiger partial charge >= 0.3 is 0 Å². The van der Waals surface area contributed by atoms with Crippen LogP contribution < -0.4 is 5.32 Å². The number of rotatable bonds is 5. The summed E-state index contributed by atoms with van der Waals surface area (Å²) in [4.78, 5) is 33.6. The Kier molecular flexibility index (Phi) is 5.17. The molecule has 130 valence electrons. The molecule has 5 nitrogen and oxygen atoms in total. The lowest BCUT2D eigenvalue weighted by molar-refractivity contribution is 0.0939. The fraction of sp³-hybridized carbons (Fsp3) is 0.143. The van der Waals surface area contributed by atoms with Crippen LogP contribution in [0.3, 0.4) is 0 Å². The van der Waals surface area contributed by atoms with E-state index in [-0.39, 0.29) is 18.2 Å². The Morgan fingerprint density at radius 1 is 0.923 bits per heavy atom. The first-order valence-corrected chi connectivity index (χ1v) is 8.31. The lowest BCUT2D eigenvalue weighted by atomic mass is 9.97. The number of carbonyl (C=O) groups excluding carboxylic acids is 2. The standard InChI is InChI=1S/C21H19N3O2/c1-14-7-9-16(10-8-14)20(25)18-5-3-4-6-19(18)21(26)22-12-17-11-15(2)23-13-24-17/h3-11,13H,12H2,1-2H3,(H,22,26). The van der Waals surface area contributed by atoms with E-state index in [4.69, 9.17) is 0 Å². The molecule has 1 aromatic heterocycles. The summed E-state index contributed by atoms with van der Waals surface area (Å²) in [6, 6.07) is 16.0. The molecule has 0 spiro atoms. The molecule has 0 aliphatic carbocycles. The quantitative estimate of drug-likeness (QED) is 0.721. The smallest absolute Gasteiger partial charge is 0.252 e. The summed E-state index contributed by atoms with van der Waals surface area (Å²) in [5.74, 6) is -0.481. The van der Waals surface area contributed by atoms with Gasteiger partial charge in [-0.1, -0.05) is 48.0 Å². The van der Waals surface area contributed by atoms with E-state index >= 15 is 0 Å². The van der Waals surface area contributed by atoms with E-state index in [9.17, 15) is 9.59 Å². The summed E-state index contributed by atoms with van der Waals surface area (Å²) >= 11 is 0. The maximum Gasteiger partial charge on any atom is 0.252 e. The van der Waals surface area contributed by atoms with Gasteiger partial charge in [-0.2, -0.15) is 0 Å². The van der Waals surface area contributed by atoms with Crippen LogP contribution in [-0.2, 0) is 6.54 Å². The monoisotopic (exact) mass is 345 g/mol. The van der Waals surface area contributed by atoms with E-state index in [1.54, 1.807) is 36.4 Å². The predicted octanol–water partition coefficient (Wildman–Crippen LogP) is 3.25. The lowest BCUT2D eigenvalue weighted by Gasteiger charge is -2.10. The Morgan fingerprint density at radius 3 is 2.31 bits per heavy atom. The number of hydrogen-bond donors (Lipinski definition) is 1. The second kappa shape index (κ2) is 7.70. The molecule has 0 saturated carbocycles. The number of carbonyl (C=O) groups is 2. The van der Waals surface area contributed by atoms with E-state index in [2.05, 4.69) is 15.3 Å². The fourth-order valence-electron chi connectivity index (χ4n) is 2.61. The number of hydrogen-bond acceptors (Lipinski definition) is 4. The number of aryl methyl sites for hydroxylation is 2. The summed E-state index contributed by atoms with van der Waals surface area (Å²) in [5, 5.41) is 2.82. The Morgan fingerprint density at radius 2 is 1.62 bits per heavy atom. The first-order chi connectivity index (χ1) is 12.5. The maximum absolute atomic E-state index is 12.8. The van der Waals surface area contributed by atoms with Gasteiger partial charge in [0.25, 0.3) is 5.91 Å². The van der Waals surface area contributed by atoms with Crippen LogP contribution >= 0.6 is 0 Å². The van der Waals surface area contributed by atoms with Gasteiger partial charge in [-0.05, 0) is 26.0 Å². The average molecular weight is 345 g/mol. The molecular weight excluding hydrogens is 326 g/mol. The third-order valence-corrected chi connectivity index (χ3v) is 4.02. The van der Waals surface area contributed by atoms with Gasteiger partial charge in [-0.25, -0.2) is 9.97 Å². The highest BCUT2D eigenvalue weighted by Crippen LogP contribution is 2.15. The van der Waals surface area contributed by atoms with Gasteiger partial charge in [0.15, 0.2) is 5.78 Å². The van der Waals surface area contributed by atoms with Crippen molar-refractivity contribution in [3.8, 4) is 0 Å². The molecule has 0 radical (unpaired) electrons. The highest BCUT2D eigenvalue weighted by molar-refractivity contribution is 6.15. The molecule has 3 rings (SSSR count). The first kappa shape index (κ1) is 17.5. The van der Waals surface area contributed by atoms with Crippen molar-refractivity contribution >= 4 is 11.7 Å². The van der Waals surface area contributed by atoms with Gasteiger partial charge in [0.05, 0.1) is 17.8 Å². The van der Waals surface area contributed by atoms with Gasteiger partial charge in [0.1, 0.15) is 6.33 Å². The van der Waals surface area contributed by atoms with Crippen molar-refractivity contribution in [3.63, 3.8) is 0 Å². The van der Waals surface area contributed by atoms with Gasteiger partial charge in [-0.3, -0.25) is 9.59 Å². The predicted molar refractivity (Wildman–Crippen MR) is 99.0 cm³/mol. The minimum absolute atomic E-state index is 0.173. The van der Waals surface area contributed by atoms with Crippen LogP contribution in [0.15, 0.2) is 60.9 Å². The van der Waals surface area contributed by atoms with Crippen molar-refractivity contribution in [2.24, 2.45) is 0 Å². The first-order valence-electron chi connectivity index (χ1n) is 8.31. The number of nitrogens with one attached hydrogen (secondary N) is 1. The van der Waals surface area contributed by atoms with Crippen LogP contribution in [0.2, 0.25) is 0 Å². The zero-order valence-electron chi connectivity index (χ0n) is 14.7. The number of amides is 1. The molecule has 1 amide bonds. The van der Waals surface area contributed by atoms with Gasteiger partial charge in [-0.15, -0.1) is 0 Å². The number of ketones is 1. The summed E-state index contributed by atoms with van der Waals surface area (Å²) in [6.07, 6.45) is 1.46. The van der Waals surface area contributed by atoms with E-state index in [1.165, 1.54) is 6.33 Å². The van der Waals surface area contributed by atoms with Crippen molar-refractivity contribution in [1.29, 1.82) is 0 Å². The second-order valence-corrected chi connectivity index (χ2v) is 6.07. The van der Waals surface area contributed by atoms with Gasteiger partial charge in [0.2, 0.25) is 0 Å². The zero-order valence-corrected chi connectivity index (χ0v) is 14.7. The lowest BCUT2D eigenvalue weighted by Crippen LogP contribution is -2.25. The van der Waals surface area contributed by atoms with E-state index in [1.807, 2.05) is 32.0 Å². The van der Waals surface area contributed by atoms with Crippen molar-refractivity contribution in [1.82, 2.24) is 15.3 Å². The Balaban J connectivity index is 1.81. The molecule has 1 N–H and O–H groups in total. The molecule has 0 bridgehead atoms. The molecule has 0 unspecified atom stereocenters. The van der Waals surface area contributed by atoms with Crippen molar-refractivity contribution in [2.45, 2.75) is 20.4 Å². The average Bonchev–Trinajstić information content (AvgIpc) is 2.66. The molecule has 26 heavy (non-hydrogen) atoms. The van der Waals surface area contributed by atoms with Crippen molar-refractivity contribution < 1.29 is 9.59 Å². The van der Waals surface area contributed by atoms with Crippen LogP contribution in [0.1, 0.15) is 43.2 Å². The largest absolute Gasteiger partial charge is 0.346 e. The third-order valence-electron chi connectivity index (χ3n) is 4.02. The molecule has 0 aliphatic heterocycles. The molecule has 1 heterocycles. The topological polar surface area (TPSA) is 72.0 Å². The number of aromatic nitrogens is 2. The van der Waals surface area contributed by atoms with Crippen LogP contribution in [-0.4, -0.2) is 21.7 Å². The highest BCUT2D eigenvalue weighted by Gasteiger charge is 2.17. The summed E-state index contributed by atoms with van der Waals surface area (Å²) in [6.45, 7) is 4.10. The molecule has 0 saturated heterocycles. The Bertz CT molecular complexity index is 949. The van der Waals surface area contributed by atoms with Crippen molar-refractivity contribution in [2.75, 3.05) is 0 Å². The van der Waals surface area contributed by atoms with Crippen LogP contribution in [0.5, 0.6) is 0 Å². The summed E-state index contributed by atoms with van der Waals surface area (Å²) in [5.41, 5.74) is 3.92. The van der Waals surface area contributed by atoms with Gasteiger partial charge in [0, 0.05) is 16.8 Å². The molecule has 2 aromatic carbocycles. The normalized spacial score (nSPS) is 10.4. The zero-order chi connectivity index (χ0) is 18.5. The summed E-state index contributed by atoms with van der Waals surface area (Å²) < 4.78 is 0. The molecule has 3 aromatic rings. The molecule has 5 heteroatoms. The van der Waals surface area contributed by atoms with Crippen LogP contribution in [0.4, 0.5) is 0 Å². The molecule has 0 fully saturated rings. The van der Waals surface area contributed by atoms with Crippen LogP contribution in [0.25, 0.3) is 0 Å². The highest BCUT2D eigenvalue weighted by atomic mass is 16.2.